The van der Waals surface area contributed by atoms with Crippen LogP contribution in [-0.2, 0) is 4.74 Å². The van der Waals surface area contributed by atoms with Crippen LogP contribution in [0.25, 0.3) is 0 Å². The molecule has 16 heavy (non-hydrogen) atoms. The second kappa shape index (κ2) is 4.91. The van der Waals surface area contributed by atoms with Gasteiger partial charge in [-0.3, -0.25) is 4.79 Å². The number of carbonyl (C=O) groups excluding carboxylic acids is 1. The van der Waals surface area contributed by atoms with Gasteiger partial charge in [-0.25, -0.2) is 4.39 Å². The predicted octanol–water partition coefficient (Wildman–Crippen LogP) is 1.65. The largest absolute Gasteiger partial charge is 0.367 e. The van der Waals surface area contributed by atoms with E-state index in [1.165, 1.54) is 12.1 Å². The van der Waals surface area contributed by atoms with Crippen LogP contribution in [0.5, 0.6) is 0 Å². The summed E-state index contributed by atoms with van der Waals surface area (Å²) in [6.45, 7) is 1.60. The molecule has 0 bridgehead atoms. The highest BCUT2D eigenvalue weighted by molar-refractivity contribution is 6.30. The molecule has 1 aromatic carbocycles. The molecule has 2 rings (SSSR count). The van der Waals surface area contributed by atoms with Crippen molar-refractivity contribution in [2.24, 2.45) is 0 Å². The second-order valence-corrected chi connectivity index (χ2v) is 3.99. The highest BCUT2D eigenvalue weighted by Crippen LogP contribution is 2.17. The Kier molecular flexibility index (Phi) is 3.53. The zero-order chi connectivity index (χ0) is 11.5. The van der Waals surface area contributed by atoms with Crippen LogP contribution in [0.2, 0.25) is 5.02 Å². The quantitative estimate of drug-likeness (QED) is 0.803. The molecule has 1 unspecified atom stereocenters. The molecule has 1 fully saturated rings. The first-order valence-corrected chi connectivity index (χ1v) is 5.38. The number of hydrogen-bond donors (Lipinski definition) is 1. The SMILES string of the molecule is O=C(c1ccc(Cl)cc1F)C1CNCCO1. The van der Waals surface area contributed by atoms with Crippen LogP contribution >= 0.6 is 11.6 Å². The van der Waals surface area contributed by atoms with Crippen molar-refractivity contribution in [3.05, 3.63) is 34.6 Å². The minimum atomic E-state index is -0.607. The molecule has 0 spiro atoms. The zero-order valence-electron chi connectivity index (χ0n) is 8.50. The van der Waals surface area contributed by atoms with Crippen LogP contribution in [0.4, 0.5) is 4.39 Å². The molecule has 1 aliphatic rings. The van der Waals surface area contributed by atoms with E-state index >= 15 is 0 Å². The summed E-state index contributed by atoms with van der Waals surface area (Å²) in [7, 11) is 0. The number of ketones is 1. The van der Waals surface area contributed by atoms with E-state index < -0.39 is 11.9 Å². The number of ether oxygens (including phenoxy) is 1. The number of rotatable bonds is 2. The van der Waals surface area contributed by atoms with Crippen molar-refractivity contribution < 1.29 is 13.9 Å². The Hall–Kier alpha value is -0.970. The van der Waals surface area contributed by atoms with Crippen molar-refractivity contribution in [3.63, 3.8) is 0 Å². The van der Waals surface area contributed by atoms with Gasteiger partial charge in [0, 0.05) is 18.1 Å². The second-order valence-electron chi connectivity index (χ2n) is 3.55. The molecule has 1 N–H and O–H groups in total. The molecule has 0 radical (unpaired) electrons. The first-order chi connectivity index (χ1) is 7.68. The van der Waals surface area contributed by atoms with E-state index in [2.05, 4.69) is 5.32 Å². The third-order valence-electron chi connectivity index (χ3n) is 2.42. The van der Waals surface area contributed by atoms with Crippen LogP contribution in [0.15, 0.2) is 18.2 Å². The van der Waals surface area contributed by atoms with Gasteiger partial charge in [-0.2, -0.15) is 0 Å². The fourth-order valence-corrected chi connectivity index (χ4v) is 1.76. The smallest absolute Gasteiger partial charge is 0.195 e. The van der Waals surface area contributed by atoms with Crippen LogP contribution < -0.4 is 5.32 Å². The van der Waals surface area contributed by atoms with E-state index in [0.29, 0.717) is 19.7 Å². The number of carbonyl (C=O) groups is 1. The molecule has 1 aliphatic heterocycles. The van der Waals surface area contributed by atoms with Crippen LogP contribution in [0.3, 0.4) is 0 Å². The molecule has 1 heterocycles. The average Bonchev–Trinajstić information content (AvgIpc) is 2.29. The van der Waals surface area contributed by atoms with Gasteiger partial charge in [0.1, 0.15) is 11.9 Å². The maximum atomic E-state index is 13.5. The summed E-state index contributed by atoms with van der Waals surface area (Å²) in [6.07, 6.45) is -0.607. The van der Waals surface area contributed by atoms with E-state index in [1.54, 1.807) is 0 Å². The van der Waals surface area contributed by atoms with Crippen molar-refractivity contribution >= 4 is 17.4 Å². The van der Waals surface area contributed by atoms with Gasteiger partial charge in [0.2, 0.25) is 0 Å². The minimum absolute atomic E-state index is 0.0260. The van der Waals surface area contributed by atoms with Crippen molar-refractivity contribution in [2.75, 3.05) is 19.7 Å². The summed E-state index contributed by atoms with van der Waals surface area (Å²) in [5.41, 5.74) is 0.0260. The number of halogens is 2. The van der Waals surface area contributed by atoms with Gasteiger partial charge in [0.25, 0.3) is 0 Å². The highest BCUT2D eigenvalue weighted by atomic mass is 35.5. The molecule has 1 saturated heterocycles. The molecule has 0 amide bonds. The van der Waals surface area contributed by atoms with Gasteiger partial charge in [-0.05, 0) is 18.2 Å². The zero-order valence-corrected chi connectivity index (χ0v) is 9.26. The van der Waals surface area contributed by atoms with Crippen molar-refractivity contribution in [3.8, 4) is 0 Å². The number of benzene rings is 1. The lowest BCUT2D eigenvalue weighted by Gasteiger charge is -2.22. The third-order valence-corrected chi connectivity index (χ3v) is 2.65. The molecule has 3 nitrogen and oxygen atoms in total. The highest BCUT2D eigenvalue weighted by Gasteiger charge is 2.25. The van der Waals surface area contributed by atoms with E-state index in [9.17, 15) is 9.18 Å². The third kappa shape index (κ3) is 2.40. The Morgan fingerprint density at radius 3 is 3.00 bits per heavy atom. The van der Waals surface area contributed by atoms with Gasteiger partial charge in [-0.15, -0.1) is 0 Å². The Morgan fingerprint density at radius 2 is 2.38 bits per heavy atom. The van der Waals surface area contributed by atoms with Crippen LogP contribution in [0, 0.1) is 5.82 Å². The van der Waals surface area contributed by atoms with Crippen LogP contribution in [0.1, 0.15) is 10.4 Å². The predicted molar refractivity (Wildman–Crippen MR) is 58.4 cm³/mol. The van der Waals surface area contributed by atoms with Gasteiger partial charge in [0.15, 0.2) is 5.78 Å². The monoisotopic (exact) mass is 243 g/mol. The fraction of sp³-hybridized carbons (Fsp3) is 0.364. The Labute approximate surface area is 97.5 Å². The molecule has 86 valence electrons. The first-order valence-electron chi connectivity index (χ1n) is 5.00. The van der Waals surface area contributed by atoms with Gasteiger partial charge in [0.05, 0.1) is 12.2 Å². The van der Waals surface area contributed by atoms with Crippen molar-refractivity contribution in [1.29, 1.82) is 0 Å². The normalized spacial score (nSPS) is 20.8. The fourth-order valence-electron chi connectivity index (χ4n) is 1.60. The summed E-state index contributed by atoms with van der Waals surface area (Å²) in [4.78, 5) is 11.9. The topological polar surface area (TPSA) is 38.3 Å². The molecular weight excluding hydrogens is 233 g/mol. The lowest BCUT2D eigenvalue weighted by Crippen LogP contribution is -2.43. The van der Waals surface area contributed by atoms with Crippen LogP contribution in [-0.4, -0.2) is 31.6 Å². The number of hydrogen-bond acceptors (Lipinski definition) is 3. The van der Waals surface area contributed by atoms with Gasteiger partial charge < -0.3 is 10.1 Å². The molecule has 5 heteroatoms. The van der Waals surface area contributed by atoms with E-state index in [0.717, 1.165) is 6.07 Å². The number of Topliss-reactive ketones (excluding diaryl/α,β-unsaturated/α-hetero) is 1. The standard InChI is InChI=1S/C11H11ClFNO2/c12-7-1-2-8(9(13)5-7)11(15)10-6-14-3-4-16-10/h1-2,5,10,14H,3-4,6H2. The average molecular weight is 244 g/mol. The summed E-state index contributed by atoms with van der Waals surface area (Å²) in [5.74, 6) is -0.951. The summed E-state index contributed by atoms with van der Waals surface area (Å²) < 4.78 is 18.7. The Bertz CT molecular complexity index is 405. The van der Waals surface area contributed by atoms with Gasteiger partial charge in [-0.1, -0.05) is 11.6 Å². The van der Waals surface area contributed by atoms with Crippen molar-refractivity contribution in [1.82, 2.24) is 5.32 Å². The van der Waals surface area contributed by atoms with Gasteiger partial charge >= 0.3 is 0 Å². The minimum Gasteiger partial charge on any atom is -0.367 e. The molecule has 0 aliphatic carbocycles. The summed E-state index contributed by atoms with van der Waals surface area (Å²) >= 11 is 5.61. The Balaban J connectivity index is 2.19. The number of morpholine rings is 1. The summed E-state index contributed by atoms with van der Waals surface area (Å²) in [5, 5.41) is 3.30. The maximum Gasteiger partial charge on any atom is 0.195 e. The molecule has 1 atom stereocenters. The maximum absolute atomic E-state index is 13.5. The lowest BCUT2D eigenvalue weighted by atomic mass is 10.0. The van der Waals surface area contributed by atoms with E-state index in [1.807, 2.05) is 0 Å². The molecular formula is C11H11ClFNO2. The van der Waals surface area contributed by atoms with Crippen molar-refractivity contribution in [2.45, 2.75) is 6.10 Å². The first kappa shape index (κ1) is 11.5. The molecule has 1 aromatic rings. The lowest BCUT2D eigenvalue weighted by molar-refractivity contribution is 0.0266. The summed E-state index contributed by atoms with van der Waals surface area (Å²) in [6, 6.07) is 4.01. The van der Waals surface area contributed by atoms with E-state index in [-0.39, 0.29) is 16.4 Å². The van der Waals surface area contributed by atoms with E-state index in [4.69, 9.17) is 16.3 Å². The number of nitrogens with one attached hydrogen (secondary N) is 1. The Morgan fingerprint density at radius 1 is 1.56 bits per heavy atom. The molecule has 0 aromatic heterocycles. The molecule has 0 saturated carbocycles.